The number of anilines is 2. The molecule has 1 aliphatic heterocycles. The van der Waals surface area contributed by atoms with Gasteiger partial charge in [0.2, 0.25) is 11.0 Å². The summed E-state index contributed by atoms with van der Waals surface area (Å²) in [4.78, 5) is 14.3. The first-order valence-electron chi connectivity index (χ1n) is 7.97. The number of carbonyl (C=O) groups is 1. The molecule has 0 saturated carbocycles. The fourth-order valence-corrected chi connectivity index (χ4v) is 4.41. The number of hydrogen-bond donors (Lipinski definition) is 1. The van der Waals surface area contributed by atoms with Crippen molar-refractivity contribution in [2.75, 3.05) is 24.2 Å². The molecule has 128 valence electrons. The van der Waals surface area contributed by atoms with E-state index >= 15 is 0 Å². The number of rotatable bonds is 5. The highest BCUT2D eigenvalue weighted by Gasteiger charge is 2.16. The molecular formula is C16H19ClN4OS2. The molecule has 24 heavy (non-hydrogen) atoms. The van der Waals surface area contributed by atoms with Crippen LogP contribution in [0.3, 0.4) is 0 Å². The van der Waals surface area contributed by atoms with Gasteiger partial charge in [0.1, 0.15) is 0 Å². The summed E-state index contributed by atoms with van der Waals surface area (Å²) in [5.74, 6) is 0.618. The van der Waals surface area contributed by atoms with E-state index in [-0.39, 0.29) is 5.91 Å². The summed E-state index contributed by atoms with van der Waals surface area (Å²) in [5.41, 5.74) is 0.871. The molecule has 1 saturated heterocycles. The van der Waals surface area contributed by atoms with Crippen LogP contribution in [0.2, 0.25) is 5.02 Å². The summed E-state index contributed by atoms with van der Waals surface area (Å²) in [6.45, 7) is 1.77. The smallest absolute Gasteiger partial charge is 0.233 e. The maximum Gasteiger partial charge on any atom is 0.233 e. The van der Waals surface area contributed by atoms with Gasteiger partial charge in [0.25, 0.3) is 0 Å². The van der Waals surface area contributed by atoms with Gasteiger partial charge in [0, 0.05) is 23.8 Å². The zero-order valence-corrected chi connectivity index (χ0v) is 15.6. The molecule has 3 rings (SSSR count). The van der Waals surface area contributed by atoms with E-state index < -0.39 is 0 Å². The van der Waals surface area contributed by atoms with Crippen LogP contribution in [-0.4, -0.2) is 39.8 Å². The summed E-state index contributed by atoms with van der Waals surface area (Å²) in [5, 5.41) is 12.8. The second-order valence-electron chi connectivity index (χ2n) is 5.59. The monoisotopic (exact) mass is 382 g/mol. The van der Waals surface area contributed by atoms with Crippen LogP contribution >= 0.6 is 34.7 Å². The van der Waals surface area contributed by atoms with Gasteiger partial charge >= 0.3 is 0 Å². The second kappa shape index (κ2) is 8.69. The lowest BCUT2D eigenvalue weighted by Gasteiger charge is -2.19. The first kappa shape index (κ1) is 17.5. The summed E-state index contributed by atoms with van der Waals surface area (Å²) < 4.78 is 0.794. The molecule has 1 fully saturated rings. The number of halogens is 1. The number of carbonyl (C=O) groups excluding carboxylic acids is 1. The fourth-order valence-electron chi connectivity index (χ4n) is 2.54. The first-order valence-corrected chi connectivity index (χ1v) is 10.2. The van der Waals surface area contributed by atoms with E-state index in [4.69, 9.17) is 11.6 Å². The van der Waals surface area contributed by atoms with Crippen LogP contribution in [0.5, 0.6) is 0 Å². The molecular weight excluding hydrogens is 364 g/mol. The highest BCUT2D eigenvalue weighted by molar-refractivity contribution is 8.01. The quantitative estimate of drug-likeness (QED) is 0.775. The van der Waals surface area contributed by atoms with Gasteiger partial charge in [-0.2, -0.15) is 0 Å². The Morgan fingerprint density at radius 2 is 2.04 bits per heavy atom. The Morgan fingerprint density at radius 1 is 1.25 bits per heavy atom. The third-order valence-electron chi connectivity index (χ3n) is 3.76. The Hall–Kier alpha value is -1.31. The number of thioether (sulfide) groups is 1. The van der Waals surface area contributed by atoms with Crippen LogP contribution in [-0.2, 0) is 4.79 Å². The molecule has 5 nitrogen and oxygen atoms in total. The van der Waals surface area contributed by atoms with Gasteiger partial charge in [-0.3, -0.25) is 4.79 Å². The number of aromatic nitrogens is 2. The van der Waals surface area contributed by atoms with E-state index in [1.807, 2.05) is 29.2 Å². The van der Waals surface area contributed by atoms with Crippen molar-refractivity contribution in [3.8, 4) is 0 Å². The number of amides is 1. The van der Waals surface area contributed by atoms with Crippen LogP contribution in [0.25, 0.3) is 0 Å². The van der Waals surface area contributed by atoms with Crippen molar-refractivity contribution in [2.45, 2.75) is 30.0 Å². The molecule has 2 aromatic rings. The van der Waals surface area contributed by atoms with Gasteiger partial charge in [0.15, 0.2) is 4.34 Å². The van der Waals surface area contributed by atoms with Crippen LogP contribution in [0.4, 0.5) is 10.8 Å². The third kappa shape index (κ3) is 5.09. The molecule has 0 atom stereocenters. The molecule has 1 aromatic carbocycles. The largest absolute Gasteiger partial charge is 0.342 e. The van der Waals surface area contributed by atoms with Crippen LogP contribution in [0.15, 0.2) is 28.6 Å². The zero-order valence-electron chi connectivity index (χ0n) is 13.2. The molecule has 0 unspecified atom stereocenters. The average molecular weight is 383 g/mol. The maximum atomic E-state index is 12.3. The SMILES string of the molecule is O=C(CSc1nnc(Nc2cccc(Cl)c2)s1)N1CCCCCC1. The predicted molar refractivity (Wildman–Crippen MR) is 100 cm³/mol. The summed E-state index contributed by atoms with van der Waals surface area (Å²) in [7, 11) is 0. The molecule has 0 bridgehead atoms. The molecule has 8 heteroatoms. The van der Waals surface area contributed by atoms with Crippen molar-refractivity contribution < 1.29 is 4.79 Å². The van der Waals surface area contributed by atoms with Crippen molar-refractivity contribution in [3.05, 3.63) is 29.3 Å². The Bertz CT molecular complexity index is 686. The third-order valence-corrected chi connectivity index (χ3v) is 5.95. The lowest BCUT2D eigenvalue weighted by atomic mass is 10.2. The maximum absolute atomic E-state index is 12.3. The van der Waals surface area contributed by atoms with E-state index in [0.717, 1.165) is 36.0 Å². The highest BCUT2D eigenvalue weighted by atomic mass is 35.5. The number of nitrogens with one attached hydrogen (secondary N) is 1. The molecule has 1 amide bonds. The molecule has 2 heterocycles. The highest BCUT2D eigenvalue weighted by Crippen LogP contribution is 2.28. The van der Waals surface area contributed by atoms with Crippen LogP contribution in [0.1, 0.15) is 25.7 Å². The van der Waals surface area contributed by atoms with Crippen molar-refractivity contribution >= 4 is 51.4 Å². The number of nitrogens with zero attached hydrogens (tertiary/aromatic N) is 3. The summed E-state index contributed by atoms with van der Waals surface area (Å²) in [6, 6.07) is 7.45. The minimum atomic E-state index is 0.196. The minimum absolute atomic E-state index is 0.196. The van der Waals surface area contributed by atoms with Crippen molar-refractivity contribution in [1.29, 1.82) is 0 Å². The zero-order chi connectivity index (χ0) is 16.8. The number of likely N-dealkylation sites (tertiary alicyclic amines) is 1. The molecule has 1 aromatic heterocycles. The van der Waals surface area contributed by atoms with Crippen molar-refractivity contribution in [2.24, 2.45) is 0 Å². The van der Waals surface area contributed by atoms with Crippen LogP contribution in [0, 0.1) is 0 Å². The van der Waals surface area contributed by atoms with Gasteiger partial charge in [0.05, 0.1) is 5.75 Å². The van der Waals surface area contributed by atoms with E-state index in [0.29, 0.717) is 15.9 Å². The first-order chi connectivity index (χ1) is 11.7. The Kier molecular flexibility index (Phi) is 6.34. The molecule has 0 spiro atoms. The van der Waals surface area contributed by atoms with E-state index in [1.54, 1.807) is 0 Å². The van der Waals surface area contributed by atoms with Crippen molar-refractivity contribution in [1.82, 2.24) is 15.1 Å². The predicted octanol–water partition coefficient (Wildman–Crippen LogP) is 4.43. The number of benzene rings is 1. The second-order valence-corrected chi connectivity index (χ2v) is 8.23. The Morgan fingerprint density at radius 3 is 2.79 bits per heavy atom. The molecule has 1 aliphatic rings. The minimum Gasteiger partial charge on any atom is -0.342 e. The Balaban J connectivity index is 1.51. The normalized spacial score (nSPS) is 15.1. The van der Waals surface area contributed by atoms with E-state index in [2.05, 4.69) is 15.5 Å². The average Bonchev–Trinajstić information content (AvgIpc) is 2.83. The van der Waals surface area contributed by atoms with Gasteiger partial charge in [-0.25, -0.2) is 0 Å². The number of hydrogen-bond acceptors (Lipinski definition) is 6. The standard InChI is InChI=1S/C16H19ClN4OS2/c17-12-6-5-7-13(10-12)18-15-19-20-16(24-15)23-11-14(22)21-8-3-1-2-4-9-21/h5-7,10H,1-4,8-9,11H2,(H,18,19). The topological polar surface area (TPSA) is 58.1 Å². The molecule has 0 radical (unpaired) electrons. The van der Waals surface area contributed by atoms with Crippen molar-refractivity contribution in [3.63, 3.8) is 0 Å². The Labute approximate surface area is 154 Å². The van der Waals surface area contributed by atoms with Gasteiger partial charge in [-0.1, -0.05) is 53.6 Å². The lowest BCUT2D eigenvalue weighted by Crippen LogP contribution is -2.33. The van der Waals surface area contributed by atoms with E-state index in [9.17, 15) is 4.79 Å². The van der Waals surface area contributed by atoms with Gasteiger partial charge < -0.3 is 10.2 Å². The fraction of sp³-hybridized carbons (Fsp3) is 0.438. The van der Waals surface area contributed by atoms with Crippen LogP contribution < -0.4 is 5.32 Å². The van der Waals surface area contributed by atoms with Gasteiger partial charge in [-0.15, -0.1) is 10.2 Å². The molecule has 0 aliphatic carbocycles. The van der Waals surface area contributed by atoms with Gasteiger partial charge in [-0.05, 0) is 31.0 Å². The lowest BCUT2D eigenvalue weighted by molar-refractivity contribution is -0.128. The summed E-state index contributed by atoms with van der Waals surface area (Å²) >= 11 is 8.86. The summed E-state index contributed by atoms with van der Waals surface area (Å²) in [6.07, 6.45) is 4.68. The molecule has 1 N–H and O–H groups in total. The van der Waals surface area contributed by atoms with E-state index in [1.165, 1.54) is 35.9 Å².